The number of nitrogens with zero attached hydrogens (tertiary/aromatic N) is 2. The van der Waals surface area contributed by atoms with E-state index in [1.165, 1.54) is 5.56 Å². The first-order chi connectivity index (χ1) is 15.6. The fourth-order valence-corrected chi connectivity index (χ4v) is 3.97. The summed E-state index contributed by atoms with van der Waals surface area (Å²) in [5.41, 5.74) is 2.93. The van der Waals surface area contributed by atoms with Crippen LogP contribution in [0.4, 0.5) is 0 Å². The van der Waals surface area contributed by atoms with Crippen molar-refractivity contribution in [3.8, 4) is 11.5 Å². The molecule has 0 aliphatic carbocycles. The molecule has 0 unspecified atom stereocenters. The van der Waals surface area contributed by atoms with Crippen LogP contribution in [0.2, 0.25) is 5.02 Å². The van der Waals surface area contributed by atoms with E-state index in [-0.39, 0.29) is 5.91 Å². The summed E-state index contributed by atoms with van der Waals surface area (Å²) in [6.45, 7) is 4.45. The van der Waals surface area contributed by atoms with Gasteiger partial charge in [0.2, 0.25) is 0 Å². The van der Waals surface area contributed by atoms with Gasteiger partial charge in [0.05, 0.1) is 7.11 Å². The molecular weight excluding hydrogens is 424 g/mol. The van der Waals surface area contributed by atoms with E-state index in [0.29, 0.717) is 17.2 Å². The third-order valence-electron chi connectivity index (χ3n) is 5.60. The maximum absolute atomic E-state index is 12.9. The zero-order valence-electron chi connectivity index (χ0n) is 18.2. The Labute approximate surface area is 194 Å². The molecule has 1 aliphatic heterocycles. The summed E-state index contributed by atoms with van der Waals surface area (Å²) in [5, 5.41) is 0.645. The SMILES string of the molecule is COc1cccc(CN2CCN(C(=O)c3ccc(COc4cccc(Cl)c4)cc3)CC2)c1. The molecular formula is C26H27ClN2O3. The molecule has 4 rings (SSSR count). The third-order valence-corrected chi connectivity index (χ3v) is 5.84. The highest BCUT2D eigenvalue weighted by molar-refractivity contribution is 6.30. The van der Waals surface area contributed by atoms with Crippen LogP contribution in [0.15, 0.2) is 72.8 Å². The number of carbonyl (C=O) groups excluding carboxylic acids is 1. The molecule has 1 amide bonds. The number of hydrogen-bond acceptors (Lipinski definition) is 4. The summed E-state index contributed by atoms with van der Waals surface area (Å²) in [5.74, 6) is 1.68. The molecule has 0 N–H and O–H groups in total. The molecule has 0 aromatic heterocycles. The van der Waals surface area contributed by atoms with Gasteiger partial charge in [0, 0.05) is 43.3 Å². The molecule has 5 nitrogen and oxygen atoms in total. The predicted molar refractivity (Wildman–Crippen MR) is 126 cm³/mol. The second-order valence-corrected chi connectivity index (χ2v) is 8.30. The minimum Gasteiger partial charge on any atom is -0.497 e. The van der Waals surface area contributed by atoms with Gasteiger partial charge in [-0.1, -0.05) is 41.9 Å². The third kappa shape index (κ3) is 5.81. The highest BCUT2D eigenvalue weighted by Gasteiger charge is 2.22. The molecule has 32 heavy (non-hydrogen) atoms. The lowest BCUT2D eigenvalue weighted by molar-refractivity contribution is 0.0628. The van der Waals surface area contributed by atoms with Gasteiger partial charge in [-0.2, -0.15) is 0 Å². The van der Waals surface area contributed by atoms with Crippen molar-refractivity contribution in [1.82, 2.24) is 9.80 Å². The average molecular weight is 451 g/mol. The summed E-state index contributed by atoms with van der Waals surface area (Å²) in [6.07, 6.45) is 0. The predicted octanol–water partition coefficient (Wildman–Crippen LogP) is 4.89. The molecule has 0 saturated carbocycles. The second-order valence-electron chi connectivity index (χ2n) is 7.86. The molecule has 0 atom stereocenters. The number of halogens is 1. The van der Waals surface area contributed by atoms with Crippen molar-refractivity contribution in [3.63, 3.8) is 0 Å². The molecule has 0 radical (unpaired) electrons. The van der Waals surface area contributed by atoms with E-state index >= 15 is 0 Å². The second kappa shape index (κ2) is 10.5. The first-order valence-corrected chi connectivity index (χ1v) is 11.1. The highest BCUT2D eigenvalue weighted by Crippen LogP contribution is 2.19. The smallest absolute Gasteiger partial charge is 0.253 e. The monoisotopic (exact) mass is 450 g/mol. The Kier molecular flexibility index (Phi) is 7.30. The van der Waals surface area contributed by atoms with E-state index < -0.39 is 0 Å². The molecule has 1 fully saturated rings. The van der Waals surface area contributed by atoms with Crippen molar-refractivity contribution in [1.29, 1.82) is 0 Å². The van der Waals surface area contributed by atoms with Crippen LogP contribution < -0.4 is 9.47 Å². The lowest BCUT2D eigenvalue weighted by Crippen LogP contribution is -2.48. The maximum atomic E-state index is 12.9. The van der Waals surface area contributed by atoms with Crippen molar-refractivity contribution in [2.45, 2.75) is 13.2 Å². The zero-order chi connectivity index (χ0) is 22.3. The summed E-state index contributed by atoms with van der Waals surface area (Å²) >= 11 is 5.99. The van der Waals surface area contributed by atoms with Gasteiger partial charge in [-0.25, -0.2) is 0 Å². The highest BCUT2D eigenvalue weighted by atomic mass is 35.5. The number of hydrogen-bond donors (Lipinski definition) is 0. The van der Waals surface area contributed by atoms with Crippen molar-refractivity contribution < 1.29 is 14.3 Å². The number of ether oxygens (including phenoxy) is 2. The summed E-state index contributed by atoms with van der Waals surface area (Å²) in [6, 6.07) is 23.1. The van der Waals surface area contributed by atoms with E-state index in [9.17, 15) is 4.79 Å². The van der Waals surface area contributed by atoms with Gasteiger partial charge in [-0.05, 0) is 53.6 Å². The van der Waals surface area contributed by atoms with Crippen LogP contribution in [-0.4, -0.2) is 49.0 Å². The summed E-state index contributed by atoms with van der Waals surface area (Å²) in [4.78, 5) is 17.2. The van der Waals surface area contributed by atoms with Gasteiger partial charge in [-0.3, -0.25) is 9.69 Å². The maximum Gasteiger partial charge on any atom is 0.253 e. The number of piperazine rings is 1. The Morgan fingerprint density at radius 2 is 1.59 bits per heavy atom. The van der Waals surface area contributed by atoms with Gasteiger partial charge >= 0.3 is 0 Å². The van der Waals surface area contributed by atoms with Gasteiger partial charge in [0.1, 0.15) is 18.1 Å². The fourth-order valence-electron chi connectivity index (χ4n) is 3.79. The Morgan fingerprint density at radius 1 is 0.875 bits per heavy atom. The van der Waals surface area contributed by atoms with Crippen LogP contribution in [0.5, 0.6) is 11.5 Å². The van der Waals surface area contributed by atoms with Crippen LogP contribution in [0.25, 0.3) is 0 Å². The minimum atomic E-state index is 0.0772. The topological polar surface area (TPSA) is 42.0 Å². The van der Waals surface area contributed by atoms with E-state index in [1.807, 2.05) is 59.5 Å². The van der Waals surface area contributed by atoms with E-state index in [1.54, 1.807) is 13.2 Å². The van der Waals surface area contributed by atoms with Gasteiger partial charge in [-0.15, -0.1) is 0 Å². The molecule has 3 aromatic rings. The lowest BCUT2D eigenvalue weighted by atomic mass is 10.1. The quantitative estimate of drug-likeness (QED) is 0.514. The van der Waals surface area contributed by atoms with Crippen LogP contribution in [0, 0.1) is 0 Å². The number of benzene rings is 3. The Hall–Kier alpha value is -3.02. The number of rotatable bonds is 7. The molecule has 1 saturated heterocycles. The first-order valence-electron chi connectivity index (χ1n) is 10.7. The van der Waals surface area contributed by atoms with Gasteiger partial charge in [0.25, 0.3) is 5.91 Å². The molecule has 0 spiro atoms. The normalized spacial score (nSPS) is 14.2. The van der Waals surface area contributed by atoms with Crippen molar-refractivity contribution in [2.24, 2.45) is 0 Å². The number of methoxy groups -OCH3 is 1. The largest absolute Gasteiger partial charge is 0.497 e. The van der Waals surface area contributed by atoms with Crippen molar-refractivity contribution in [3.05, 3.63) is 94.5 Å². The van der Waals surface area contributed by atoms with Gasteiger partial charge < -0.3 is 14.4 Å². The first kappa shape index (κ1) is 22.2. The number of carbonyl (C=O) groups is 1. The van der Waals surface area contributed by atoms with Crippen molar-refractivity contribution in [2.75, 3.05) is 33.3 Å². The van der Waals surface area contributed by atoms with Crippen LogP contribution in [0.1, 0.15) is 21.5 Å². The van der Waals surface area contributed by atoms with E-state index in [0.717, 1.165) is 49.8 Å². The standard InChI is InChI=1S/C26H27ClN2O3/c1-31-24-6-2-4-21(16-24)18-28-12-14-29(15-13-28)26(30)22-10-8-20(9-11-22)19-32-25-7-3-5-23(27)17-25/h2-11,16-17H,12-15,18-19H2,1H3. The molecule has 1 heterocycles. The molecule has 0 bridgehead atoms. The molecule has 166 valence electrons. The van der Waals surface area contributed by atoms with Crippen molar-refractivity contribution >= 4 is 17.5 Å². The zero-order valence-corrected chi connectivity index (χ0v) is 18.9. The lowest BCUT2D eigenvalue weighted by Gasteiger charge is -2.34. The molecule has 1 aliphatic rings. The Morgan fingerprint density at radius 3 is 2.31 bits per heavy atom. The van der Waals surface area contributed by atoms with E-state index in [2.05, 4.69) is 17.0 Å². The molecule has 3 aromatic carbocycles. The Bertz CT molecular complexity index is 1050. The molecule has 6 heteroatoms. The van der Waals surface area contributed by atoms with Crippen LogP contribution >= 0.6 is 11.6 Å². The Balaban J connectivity index is 1.27. The minimum absolute atomic E-state index is 0.0772. The summed E-state index contributed by atoms with van der Waals surface area (Å²) in [7, 11) is 1.68. The van der Waals surface area contributed by atoms with E-state index in [4.69, 9.17) is 21.1 Å². The fraction of sp³-hybridized carbons (Fsp3) is 0.269. The van der Waals surface area contributed by atoms with Gasteiger partial charge in [0.15, 0.2) is 0 Å². The van der Waals surface area contributed by atoms with Crippen LogP contribution in [-0.2, 0) is 13.2 Å². The summed E-state index contributed by atoms with van der Waals surface area (Å²) < 4.78 is 11.1. The average Bonchev–Trinajstić information content (AvgIpc) is 2.83. The number of amides is 1. The van der Waals surface area contributed by atoms with Crippen LogP contribution in [0.3, 0.4) is 0 Å².